The Morgan fingerprint density at radius 1 is 1.18 bits per heavy atom. The molecule has 0 saturated carbocycles. The van der Waals surface area contributed by atoms with Crippen LogP contribution in [0.3, 0.4) is 0 Å². The van der Waals surface area contributed by atoms with E-state index in [9.17, 15) is 0 Å². The fourth-order valence-electron chi connectivity index (χ4n) is 1.69. The molecular formula is C13H24N4. The molecule has 1 aromatic rings. The highest BCUT2D eigenvalue weighted by atomic mass is 15.2. The van der Waals surface area contributed by atoms with Crippen molar-refractivity contribution in [2.75, 3.05) is 46.2 Å². The summed E-state index contributed by atoms with van der Waals surface area (Å²) < 4.78 is 0. The van der Waals surface area contributed by atoms with Gasteiger partial charge in [0.25, 0.3) is 0 Å². The molecular weight excluding hydrogens is 212 g/mol. The monoisotopic (exact) mass is 236 g/mol. The van der Waals surface area contributed by atoms with Gasteiger partial charge < -0.3 is 15.1 Å². The summed E-state index contributed by atoms with van der Waals surface area (Å²) in [7, 11) is 8.24. The zero-order valence-electron chi connectivity index (χ0n) is 11.4. The highest BCUT2D eigenvalue weighted by Gasteiger charge is 2.02. The Labute approximate surface area is 105 Å². The molecule has 17 heavy (non-hydrogen) atoms. The Kier molecular flexibility index (Phi) is 5.94. The van der Waals surface area contributed by atoms with E-state index < -0.39 is 0 Å². The SMILES string of the molecule is CNCc1ccc(N(C)CCCN(C)C)nc1. The third kappa shape index (κ3) is 5.15. The zero-order chi connectivity index (χ0) is 12.7. The van der Waals surface area contributed by atoms with Gasteiger partial charge in [-0.3, -0.25) is 0 Å². The van der Waals surface area contributed by atoms with Gasteiger partial charge in [-0.05, 0) is 45.7 Å². The lowest BCUT2D eigenvalue weighted by Crippen LogP contribution is -2.24. The van der Waals surface area contributed by atoms with Crippen molar-refractivity contribution in [3.63, 3.8) is 0 Å². The maximum absolute atomic E-state index is 4.47. The van der Waals surface area contributed by atoms with Crippen molar-refractivity contribution in [3.8, 4) is 0 Å². The minimum absolute atomic E-state index is 0.873. The van der Waals surface area contributed by atoms with Crippen LogP contribution in [-0.2, 0) is 6.54 Å². The maximum Gasteiger partial charge on any atom is 0.128 e. The number of pyridine rings is 1. The van der Waals surface area contributed by atoms with E-state index in [1.165, 1.54) is 5.56 Å². The number of nitrogens with zero attached hydrogens (tertiary/aromatic N) is 3. The molecule has 1 heterocycles. The highest BCUT2D eigenvalue weighted by molar-refractivity contribution is 5.38. The normalized spacial score (nSPS) is 10.9. The summed E-state index contributed by atoms with van der Waals surface area (Å²) in [5.74, 6) is 1.05. The largest absolute Gasteiger partial charge is 0.360 e. The molecule has 1 aromatic heterocycles. The fraction of sp³-hybridized carbons (Fsp3) is 0.615. The van der Waals surface area contributed by atoms with Crippen LogP contribution in [0.2, 0.25) is 0 Å². The summed E-state index contributed by atoms with van der Waals surface area (Å²) in [5, 5.41) is 3.12. The predicted octanol–water partition coefficient (Wildman–Crippen LogP) is 1.19. The summed E-state index contributed by atoms with van der Waals surface area (Å²) in [6, 6.07) is 4.21. The molecule has 0 unspecified atom stereocenters. The predicted molar refractivity (Wildman–Crippen MR) is 73.4 cm³/mol. The molecule has 0 aliphatic rings. The van der Waals surface area contributed by atoms with E-state index in [1.54, 1.807) is 0 Å². The molecule has 4 heteroatoms. The molecule has 0 aromatic carbocycles. The molecule has 4 nitrogen and oxygen atoms in total. The second-order valence-corrected chi connectivity index (χ2v) is 4.63. The molecule has 0 saturated heterocycles. The van der Waals surface area contributed by atoms with Gasteiger partial charge in [-0.1, -0.05) is 6.07 Å². The average Bonchev–Trinajstić information content (AvgIpc) is 2.30. The van der Waals surface area contributed by atoms with Gasteiger partial charge in [0, 0.05) is 26.3 Å². The van der Waals surface area contributed by atoms with E-state index in [1.807, 2.05) is 13.2 Å². The maximum atomic E-state index is 4.47. The van der Waals surface area contributed by atoms with E-state index in [4.69, 9.17) is 0 Å². The minimum atomic E-state index is 0.873. The molecule has 0 bridgehead atoms. The van der Waals surface area contributed by atoms with Crippen LogP contribution in [0.25, 0.3) is 0 Å². The summed E-state index contributed by atoms with van der Waals surface area (Å²) >= 11 is 0. The average molecular weight is 236 g/mol. The molecule has 0 atom stereocenters. The Bertz CT molecular complexity index is 308. The Morgan fingerprint density at radius 3 is 2.47 bits per heavy atom. The zero-order valence-corrected chi connectivity index (χ0v) is 11.4. The van der Waals surface area contributed by atoms with E-state index >= 15 is 0 Å². The van der Waals surface area contributed by atoms with Crippen molar-refractivity contribution in [2.24, 2.45) is 0 Å². The first-order valence-electron chi connectivity index (χ1n) is 6.09. The molecule has 1 N–H and O–H groups in total. The second-order valence-electron chi connectivity index (χ2n) is 4.63. The molecule has 0 aliphatic heterocycles. The lowest BCUT2D eigenvalue weighted by molar-refractivity contribution is 0.401. The van der Waals surface area contributed by atoms with Gasteiger partial charge in [-0.2, -0.15) is 0 Å². The standard InChI is InChI=1S/C13H24N4/c1-14-10-12-6-7-13(15-11-12)17(4)9-5-8-16(2)3/h6-7,11,14H,5,8-10H2,1-4H3. The number of anilines is 1. The summed E-state index contributed by atoms with van der Waals surface area (Å²) in [6.45, 7) is 3.02. The van der Waals surface area contributed by atoms with Gasteiger partial charge in [-0.25, -0.2) is 4.98 Å². The first-order chi connectivity index (χ1) is 8.13. The molecule has 96 valence electrons. The molecule has 0 aliphatic carbocycles. The molecule has 0 spiro atoms. The lowest BCUT2D eigenvalue weighted by atomic mass is 10.2. The summed E-state index contributed by atoms with van der Waals surface area (Å²) in [6.07, 6.45) is 3.09. The molecule has 0 amide bonds. The smallest absolute Gasteiger partial charge is 0.128 e. The molecule has 0 radical (unpaired) electrons. The Hall–Kier alpha value is -1.13. The minimum Gasteiger partial charge on any atom is -0.360 e. The number of rotatable bonds is 7. The lowest BCUT2D eigenvalue weighted by Gasteiger charge is -2.19. The number of aromatic nitrogens is 1. The van der Waals surface area contributed by atoms with Crippen molar-refractivity contribution in [1.82, 2.24) is 15.2 Å². The first-order valence-corrected chi connectivity index (χ1v) is 6.09. The van der Waals surface area contributed by atoms with Gasteiger partial charge in [-0.15, -0.1) is 0 Å². The van der Waals surface area contributed by atoms with Crippen molar-refractivity contribution in [2.45, 2.75) is 13.0 Å². The van der Waals surface area contributed by atoms with Crippen LogP contribution < -0.4 is 10.2 Å². The third-order valence-electron chi connectivity index (χ3n) is 2.68. The highest BCUT2D eigenvalue weighted by Crippen LogP contribution is 2.09. The van der Waals surface area contributed by atoms with Crippen LogP contribution in [0.5, 0.6) is 0 Å². The van der Waals surface area contributed by atoms with Crippen molar-refractivity contribution in [3.05, 3.63) is 23.9 Å². The van der Waals surface area contributed by atoms with Gasteiger partial charge in [0.1, 0.15) is 5.82 Å². The van der Waals surface area contributed by atoms with Crippen LogP contribution in [-0.4, -0.2) is 51.2 Å². The third-order valence-corrected chi connectivity index (χ3v) is 2.68. The van der Waals surface area contributed by atoms with Crippen LogP contribution in [0.15, 0.2) is 18.3 Å². The van der Waals surface area contributed by atoms with Gasteiger partial charge in [0.2, 0.25) is 0 Å². The van der Waals surface area contributed by atoms with Gasteiger partial charge >= 0.3 is 0 Å². The molecule has 0 fully saturated rings. The van der Waals surface area contributed by atoms with Crippen molar-refractivity contribution < 1.29 is 0 Å². The van der Waals surface area contributed by atoms with Crippen LogP contribution in [0, 0.1) is 0 Å². The van der Waals surface area contributed by atoms with Gasteiger partial charge in [0.15, 0.2) is 0 Å². The summed E-state index contributed by atoms with van der Waals surface area (Å²) in [4.78, 5) is 8.87. The van der Waals surface area contributed by atoms with Gasteiger partial charge in [0.05, 0.1) is 0 Å². The van der Waals surface area contributed by atoms with Crippen molar-refractivity contribution >= 4 is 5.82 Å². The summed E-state index contributed by atoms with van der Waals surface area (Å²) in [5.41, 5.74) is 1.22. The second kappa shape index (κ2) is 7.25. The van der Waals surface area contributed by atoms with E-state index in [-0.39, 0.29) is 0 Å². The topological polar surface area (TPSA) is 31.4 Å². The number of hydrogen-bond acceptors (Lipinski definition) is 4. The van der Waals surface area contributed by atoms with Crippen molar-refractivity contribution in [1.29, 1.82) is 0 Å². The quantitative estimate of drug-likeness (QED) is 0.770. The molecule has 1 rings (SSSR count). The van der Waals surface area contributed by atoms with Crippen LogP contribution >= 0.6 is 0 Å². The van der Waals surface area contributed by atoms with Crippen LogP contribution in [0.1, 0.15) is 12.0 Å². The Morgan fingerprint density at radius 2 is 1.94 bits per heavy atom. The number of hydrogen-bond donors (Lipinski definition) is 1. The van der Waals surface area contributed by atoms with E-state index in [2.05, 4.69) is 53.4 Å². The van der Waals surface area contributed by atoms with E-state index in [0.717, 1.165) is 31.9 Å². The Balaban J connectivity index is 2.43. The fourth-order valence-corrected chi connectivity index (χ4v) is 1.69. The van der Waals surface area contributed by atoms with E-state index in [0.29, 0.717) is 0 Å². The first kappa shape index (κ1) is 13.9. The van der Waals surface area contributed by atoms with Crippen LogP contribution in [0.4, 0.5) is 5.82 Å². The number of nitrogens with one attached hydrogen (secondary N) is 1.